The number of sulfonamides is 1. The summed E-state index contributed by atoms with van der Waals surface area (Å²) < 4.78 is 26.6. The standard InChI is InChI=1S/C18H27N3O3S.ClH/c1-15-14-19-10-13-21(15)18(22)9-6-16-4-7-17(8-5-16)25(23,24)20-11-2-3-12-20;/h4-5,7-8,15,19H,2-3,6,9-14H2,1H3;1H/t15-;/m0./s1. The summed E-state index contributed by atoms with van der Waals surface area (Å²) in [5, 5.41) is 3.28. The lowest BCUT2D eigenvalue weighted by molar-refractivity contribution is -0.133. The second-order valence-electron chi connectivity index (χ2n) is 6.90. The average Bonchev–Trinajstić information content (AvgIpc) is 3.16. The molecule has 0 aromatic heterocycles. The van der Waals surface area contributed by atoms with Crippen molar-refractivity contribution >= 4 is 28.3 Å². The predicted molar refractivity (Wildman–Crippen MR) is 104 cm³/mol. The molecule has 0 saturated carbocycles. The molecule has 3 rings (SSSR count). The van der Waals surface area contributed by atoms with Crippen LogP contribution in [0.4, 0.5) is 0 Å². The van der Waals surface area contributed by atoms with Crippen LogP contribution in [0.25, 0.3) is 0 Å². The fraction of sp³-hybridized carbons (Fsp3) is 0.611. The number of hydrogen-bond acceptors (Lipinski definition) is 4. The Labute approximate surface area is 162 Å². The van der Waals surface area contributed by atoms with Gasteiger partial charge in [0.2, 0.25) is 15.9 Å². The van der Waals surface area contributed by atoms with Crippen molar-refractivity contribution in [3.8, 4) is 0 Å². The molecule has 2 aliphatic rings. The van der Waals surface area contributed by atoms with Crippen LogP contribution in [0.15, 0.2) is 29.2 Å². The van der Waals surface area contributed by atoms with E-state index in [-0.39, 0.29) is 24.4 Å². The summed E-state index contributed by atoms with van der Waals surface area (Å²) in [4.78, 5) is 14.7. The van der Waals surface area contributed by atoms with Crippen LogP contribution in [0.1, 0.15) is 31.7 Å². The van der Waals surface area contributed by atoms with Gasteiger partial charge in [0, 0.05) is 45.2 Å². The van der Waals surface area contributed by atoms with Crippen LogP contribution in [0, 0.1) is 0 Å². The number of rotatable bonds is 5. The number of nitrogens with zero attached hydrogens (tertiary/aromatic N) is 2. The number of aryl methyl sites for hydroxylation is 1. The summed E-state index contributed by atoms with van der Waals surface area (Å²) in [7, 11) is -3.36. The first-order valence-corrected chi connectivity index (χ1v) is 10.5. The van der Waals surface area contributed by atoms with Gasteiger partial charge in [-0.05, 0) is 43.9 Å². The number of piperazine rings is 1. The van der Waals surface area contributed by atoms with E-state index in [9.17, 15) is 13.2 Å². The molecular formula is C18H28ClN3O3S. The first kappa shape index (κ1) is 21.2. The van der Waals surface area contributed by atoms with E-state index in [1.54, 1.807) is 16.4 Å². The molecule has 6 nitrogen and oxygen atoms in total. The summed E-state index contributed by atoms with van der Waals surface area (Å²) in [6.45, 7) is 5.73. The molecule has 8 heteroatoms. The minimum Gasteiger partial charge on any atom is -0.337 e. The van der Waals surface area contributed by atoms with Crippen LogP contribution in [-0.4, -0.2) is 62.3 Å². The number of halogens is 1. The molecule has 1 N–H and O–H groups in total. The highest BCUT2D eigenvalue weighted by Crippen LogP contribution is 2.21. The second kappa shape index (κ2) is 9.17. The molecule has 0 bridgehead atoms. The number of carbonyl (C=O) groups is 1. The van der Waals surface area contributed by atoms with E-state index in [4.69, 9.17) is 0 Å². The van der Waals surface area contributed by atoms with Gasteiger partial charge in [-0.1, -0.05) is 12.1 Å². The maximum absolute atomic E-state index is 12.5. The molecule has 0 aliphatic carbocycles. The van der Waals surface area contributed by atoms with Gasteiger partial charge in [-0.2, -0.15) is 4.31 Å². The zero-order valence-corrected chi connectivity index (χ0v) is 16.8. The molecule has 146 valence electrons. The Bertz CT molecular complexity index is 703. The van der Waals surface area contributed by atoms with Crippen molar-refractivity contribution in [3.63, 3.8) is 0 Å². The summed E-state index contributed by atoms with van der Waals surface area (Å²) in [6.07, 6.45) is 2.97. The van der Waals surface area contributed by atoms with Crippen molar-refractivity contribution in [3.05, 3.63) is 29.8 Å². The smallest absolute Gasteiger partial charge is 0.243 e. The van der Waals surface area contributed by atoms with Gasteiger partial charge < -0.3 is 10.2 Å². The average molecular weight is 402 g/mol. The zero-order valence-electron chi connectivity index (χ0n) is 15.2. The van der Waals surface area contributed by atoms with Gasteiger partial charge in [-0.3, -0.25) is 4.79 Å². The molecule has 2 fully saturated rings. The maximum Gasteiger partial charge on any atom is 0.243 e. The fourth-order valence-corrected chi connectivity index (χ4v) is 5.03. The summed E-state index contributed by atoms with van der Waals surface area (Å²) in [6, 6.07) is 7.23. The van der Waals surface area contributed by atoms with Gasteiger partial charge in [0.25, 0.3) is 0 Å². The minimum absolute atomic E-state index is 0. The van der Waals surface area contributed by atoms with Gasteiger partial charge in [-0.15, -0.1) is 12.4 Å². The van der Waals surface area contributed by atoms with Crippen LogP contribution in [0.5, 0.6) is 0 Å². The van der Waals surface area contributed by atoms with Crippen LogP contribution in [0.2, 0.25) is 0 Å². The Hall–Kier alpha value is -1.15. The highest BCUT2D eigenvalue weighted by molar-refractivity contribution is 7.89. The van der Waals surface area contributed by atoms with Crippen molar-refractivity contribution < 1.29 is 13.2 Å². The van der Waals surface area contributed by atoms with Crippen LogP contribution in [-0.2, 0) is 21.2 Å². The lowest BCUT2D eigenvalue weighted by atomic mass is 10.1. The van der Waals surface area contributed by atoms with Crippen molar-refractivity contribution in [2.45, 2.75) is 43.5 Å². The Morgan fingerprint density at radius 2 is 1.81 bits per heavy atom. The van der Waals surface area contributed by atoms with Crippen molar-refractivity contribution in [2.24, 2.45) is 0 Å². The summed E-state index contributed by atoms with van der Waals surface area (Å²) in [5.41, 5.74) is 0.997. The van der Waals surface area contributed by atoms with Gasteiger partial charge in [0.1, 0.15) is 0 Å². The molecule has 26 heavy (non-hydrogen) atoms. The zero-order chi connectivity index (χ0) is 17.9. The lowest BCUT2D eigenvalue weighted by Gasteiger charge is -2.34. The van der Waals surface area contributed by atoms with E-state index in [0.29, 0.717) is 30.8 Å². The first-order valence-electron chi connectivity index (χ1n) is 9.08. The SMILES string of the molecule is C[C@H]1CNCCN1C(=O)CCc1ccc(S(=O)(=O)N2CCCC2)cc1.Cl. The Morgan fingerprint density at radius 3 is 2.42 bits per heavy atom. The molecule has 1 aromatic carbocycles. The van der Waals surface area contributed by atoms with Crippen molar-refractivity contribution in [2.75, 3.05) is 32.7 Å². The van der Waals surface area contributed by atoms with E-state index < -0.39 is 10.0 Å². The Kier molecular flexibility index (Phi) is 7.46. The summed E-state index contributed by atoms with van der Waals surface area (Å²) in [5.74, 6) is 0.169. The molecule has 1 atom stereocenters. The number of hydrogen-bond donors (Lipinski definition) is 1. The van der Waals surface area contributed by atoms with E-state index >= 15 is 0 Å². The van der Waals surface area contributed by atoms with E-state index in [1.807, 2.05) is 17.0 Å². The third-order valence-electron chi connectivity index (χ3n) is 5.08. The molecule has 2 saturated heterocycles. The second-order valence-corrected chi connectivity index (χ2v) is 8.83. The largest absolute Gasteiger partial charge is 0.337 e. The molecule has 2 heterocycles. The van der Waals surface area contributed by atoms with Crippen LogP contribution >= 0.6 is 12.4 Å². The third-order valence-corrected chi connectivity index (χ3v) is 6.99. The normalized spacial score (nSPS) is 21.4. The molecule has 0 unspecified atom stereocenters. The van der Waals surface area contributed by atoms with Gasteiger partial charge in [0.15, 0.2) is 0 Å². The van der Waals surface area contributed by atoms with Gasteiger partial charge in [0.05, 0.1) is 4.90 Å². The predicted octanol–water partition coefficient (Wildman–Crippen LogP) is 1.65. The van der Waals surface area contributed by atoms with Crippen molar-refractivity contribution in [1.29, 1.82) is 0 Å². The molecule has 0 spiro atoms. The lowest BCUT2D eigenvalue weighted by Crippen LogP contribution is -2.52. The molecule has 1 aromatic rings. The quantitative estimate of drug-likeness (QED) is 0.814. The van der Waals surface area contributed by atoms with E-state index in [0.717, 1.165) is 38.0 Å². The number of carbonyl (C=O) groups excluding carboxylic acids is 1. The molecule has 2 aliphatic heterocycles. The maximum atomic E-state index is 12.5. The minimum atomic E-state index is -3.36. The highest BCUT2D eigenvalue weighted by atomic mass is 35.5. The fourth-order valence-electron chi connectivity index (χ4n) is 3.51. The number of benzene rings is 1. The number of nitrogens with one attached hydrogen (secondary N) is 1. The number of amides is 1. The van der Waals surface area contributed by atoms with Crippen LogP contribution in [0.3, 0.4) is 0 Å². The van der Waals surface area contributed by atoms with E-state index in [1.165, 1.54) is 0 Å². The Balaban J connectivity index is 0.00000243. The van der Waals surface area contributed by atoms with Crippen molar-refractivity contribution in [1.82, 2.24) is 14.5 Å². The van der Waals surface area contributed by atoms with Gasteiger partial charge in [-0.25, -0.2) is 8.42 Å². The molecule has 0 radical (unpaired) electrons. The van der Waals surface area contributed by atoms with E-state index in [2.05, 4.69) is 12.2 Å². The third kappa shape index (κ3) is 4.76. The van der Waals surface area contributed by atoms with Gasteiger partial charge >= 0.3 is 0 Å². The molecule has 1 amide bonds. The first-order chi connectivity index (χ1) is 12.0. The molecular weight excluding hydrogens is 374 g/mol. The van der Waals surface area contributed by atoms with Crippen LogP contribution < -0.4 is 5.32 Å². The highest BCUT2D eigenvalue weighted by Gasteiger charge is 2.27. The Morgan fingerprint density at radius 1 is 1.15 bits per heavy atom. The monoisotopic (exact) mass is 401 g/mol. The topological polar surface area (TPSA) is 69.7 Å². The summed E-state index contributed by atoms with van der Waals surface area (Å²) >= 11 is 0.